The Morgan fingerprint density at radius 3 is 2.56 bits per heavy atom. The van der Waals surface area contributed by atoms with Crippen LogP contribution in [0, 0.1) is 10.8 Å². The molecule has 0 spiro atoms. The van der Waals surface area contributed by atoms with Crippen molar-refractivity contribution in [3.05, 3.63) is 4.91 Å². The zero-order valence-corrected chi connectivity index (χ0v) is 6.26. The van der Waals surface area contributed by atoms with E-state index in [1.54, 1.807) is 0 Å². The normalized spacial score (nSPS) is 13.1. The molecule has 2 nitrogen and oxygen atoms in total. The van der Waals surface area contributed by atoms with Crippen LogP contribution >= 0.6 is 0 Å². The van der Waals surface area contributed by atoms with Crippen molar-refractivity contribution in [3.8, 4) is 0 Å². The molecule has 1 unspecified atom stereocenters. The van der Waals surface area contributed by atoms with Crippen LogP contribution in [-0.4, -0.2) is 6.54 Å². The van der Waals surface area contributed by atoms with Gasteiger partial charge in [0.1, 0.15) is 0 Å². The highest BCUT2D eigenvalue weighted by molar-refractivity contribution is 4.53. The molecule has 54 valence electrons. The Balaban J connectivity index is 3.04. The van der Waals surface area contributed by atoms with E-state index in [-0.39, 0.29) is 0 Å². The summed E-state index contributed by atoms with van der Waals surface area (Å²) in [5, 5.41) is 2.81. The lowest BCUT2D eigenvalue weighted by Gasteiger charge is -2.04. The maximum atomic E-state index is 9.66. The molecule has 0 aromatic carbocycles. The van der Waals surface area contributed by atoms with E-state index in [9.17, 15) is 4.91 Å². The molecule has 0 fully saturated rings. The summed E-state index contributed by atoms with van der Waals surface area (Å²) in [4.78, 5) is 9.66. The van der Waals surface area contributed by atoms with Crippen LogP contribution in [0.1, 0.15) is 33.1 Å². The summed E-state index contributed by atoms with van der Waals surface area (Å²) in [6, 6.07) is 0. The molecule has 0 aliphatic carbocycles. The fourth-order valence-corrected chi connectivity index (χ4v) is 0.910. The Kier molecular flexibility index (Phi) is 5.48. The zero-order chi connectivity index (χ0) is 7.11. The van der Waals surface area contributed by atoms with Gasteiger partial charge in [-0.3, -0.25) is 0 Å². The summed E-state index contributed by atoms with van der Waals surface area (Å²) in [5.74, 6) is 0.674. The Labute approximate surface area is 56.6 Å². The van der Waals surface area contributed by atoms with Crippen LogP contribution in [0.25, 0.3) is 0 Å². The highest BCUT2D eigenvalue weighted by Crippen LogP contribution is 2.08. The molecule has 0 aromatic heterocycles. The number of nitroso groups, excluding NO2 is 1. The highest BCUT2D eigenvalue weighted by atomic mass is 16.3. The minimum atomic E-state index is 0.487. The van der Waals surface area contributed by atoms with Gasteiger partial charge in [-0.15, -0.1) is 0 Å². The quantitative estimate of drug-likeness (QED) is 0.524. The molecular weight excluding hydrogens is 114 g/mol. The lowest BCUT2D eigenvalue weighted by molar-refractivity contribution is 0.493. The lowest BCUT2D eigenvalue weighted by atomic mass is 10.0. The van der Waals surface area contributed by atoms with Crippen molar-refractivity contribution in [1.29, 1.82) is 0 Å². The van der Waals surface area contributed by atoms with E-state index >= 15 is 0 Å². The maximum Gasteiger partial charge on any atom is 0.0813 e. The van der Waals surface area contributed by atoms with Gasteiger partial charge in [0.05, 0.1) is 6.54 Å². The van der Waals surface area contributed by atoms with Gasteiger partial charge in [-0.2, -0.15) is 4.91 Å². The van der Waals surface area contributed by atoms with E-state index in [2.05, 4.69) is 19.0 Å². The van der Waals surface area contributed by atoms with Gasteiger partial charge in [0.2, 0.25) is 0 Å². The van der Waals surface area contributed by atoms with Crippen LogP contribution in [0.15, 0.2) is 5.18 Å². The minimum absolute atomic E-state index is 0.487. The average Bonchev–Trinajstić information content (AvgIpc) is 1.85. The zero-order valence-electron chi connectivity index (χ0n) is 6.26. The second-order valence-electron chi connectivity index (χ2n) is 2.54. The smallest absolute Gasteiger partial charge is 0.0813 e. The third kappa shape index (κ3) is 5.47. The first-order valence-electron chi connectivity index (χ1n) is 3.60. The Morgan fingerprint density at radius 2 is 2.11 bits per heavy atom. The summed E-state index contributed by atoms with van der Waals surface area (Å²) in [6.45, 7) is 4.81. The van der Waals surface area contributed by atoms with Crippen LogP contribution in [0.4, 0.5) is 0 Å². The molecule has 0 bridgehead atoms. The third-order valence-electron chi connectivity index (χ3n) is 1.49. The van der Waals surface area contributed by atoms with Gasteiger partial charge >= 0.3 is 0 Å². The predicted octanol–water partition coefficient (Wildman–Crippen LogP) is 2.58. The maximum absolute atomic E-state index is 9.66. The van der Waals surface area contributed by atoms with Crippen LogP contribution in [0.2, 0.25) is 0 Å². The predicted molar refractivity (Wildman–Crippen MR) is 39.4 cm³/mol. The van der Waals surface area contributed by atoms with E-state index in [0.717, 1.165) is 6.42 Å². The fraction of sp³-hybridized carbons (Fsp3) is 1.00. The van der Waals surface area contributed by atoms with Crippen molar-refractivity contribution < 1.29 is 0 Å². The molecule has 2 heteroatoms. The largest absolute Gasteiger partial charge is 0.151 e. The monoisotopic (exact) mass is 129 g/mol. The molecular formula is C7H15NO. The lowest BCUT2D eigenvalue weighted by Crippen LogP contribution is -1.95. The van der Waals surface area contributed by atoms with Gasteiger partial charge < -0.3 is 0 Å². The van der Waals surface area contributed by atoms with Gasteiger partial charge in [0, 0.05) is 0 Å². The van der Waals surface area contributed by atoms with E-state index < -0.39 is 0 Å². The molecule has 0 saturated heterocycles. The summed E-state index contributed by atoms with van der Waals surface area (Å²) in [7, 11) is 0. The molecule has 0 aromatic rings. The van der Waals surface area contributed by atoms with E-state index in [1.165, 1.54) is 12.8 Å². The van der Waals surface area contributed by atoms with Crippen molar-refractivity contribution in [2.24, 2.45) is 11.1 Å². The molecule has 0 N–H and O–H groups in total. The van der Waals surface area contributed by atoms with Gasteiger partial charge in [-0.25, -0.2) is 0 Å². The van der Waals surface area contributed by atoms with E-state index in [0.29, 0.717) is 12.5 Å². The SMILES string of the molecule is CCCC(C)CCN=O. The van der Waals surface area contributed by atoms with Gasteiger partial charge in [0.15, 0.2) is 0 Å². The van der Waals surface area contributed by atoms with Crippen molar-refractivity contribution in [1.82, 2.24) is 0 Å². The second kappa shape index (κ2) is 5.73. The minimum Gasteiger partial charge on any atom is -0.151 e. The molecule has 0 aliphatic heterocycles. The molecule has 0 aliphatic rings. The van der Waals surface area contributed by atoms with Crippen molar-refractivity contribution in [2.75, 3.05) is 6.54 Å². The van der Waals surface area contributed by atoms with Crippen LogP contribution in [0.3, 0.4) is 0 Å². The van der Waals surface area contributed by atoms with Gasteiger partial charge in [-0.05, 0) is 12.3 Å². The van der Waals surface area contributed by atoms with Gasteiger partial charge in [-0.1, -0.05) is 31.9 Å². The summed E-state index contributed by atoms with van der Waals surface area (Å²) >= 11 is 0. The van der Waals surface area contributed by atoms with Crippen molar-refractivity contribution >= 4 is 0 Å². The fourth-order valence-electron chi connectivity index (χ4n) is 0.910. The Hall–Kier alpha value is -0.400. The number of nitrogens with zero attached hydrogens (tertiary/aromatic N) is 1. The topological polar surface area (TPSA) is 29.4 Å². The van der Waals surface area contributed by atoms with E-state index in [4.69, 9.17) is 0 Å². The summed E-state index contributed by atoms with van der Waals surface area (Å²) in [5.41, 5.74) is 0. The van der Waals surface area contributed by atoms with Crippen LogP contribution in [0.5, 0.6) is 0 Å². The highest BCUT2D eigenvalue weighted by Gasteiger charge is 1.98. The van der Waals surface area contributed by atoms with Crippen molar-refractivity contribution in [3.63, 3.8) is 0 Å². The first-order chi connectivity index (χ1) is 4.31. The Morgan fingerprint density at radius 1 is 1.44 bits per heavy atom. The summed E-state index contributed by atoms with van der Waals surface area (Å²) in [6.07, 6.45) is 3.38. The Bertz CT molecular complexity index is 73.3. The first kappa shape index (κ1) is 8.60. The molecule has 9 heavy (non-hydrogen) atoms. The van der Waals surface area contributed by atoms with E-state index in [1.807, 2.05) is 0 Å². The van der Waals surface area contributed by atoms with Crippen molar-refractivity contribution in [2.45, 2.75) is 33.1 Å². The third-order valence-corrected chi connectivity index (χ3v) is 1.49. The van der Waals surface area contributed by atoms with Crippen LogP contribution < -0.4 is 0 Å². The molecule has 0 radical (unpaired) electrons. The number of hydrogen-bond donors (Lipinski definition) is 0. The summed E-state index contributed by atoms with van der Waals surface area (Å²) < 4.78 is 0. The number of hydrogen-bond acceptors (Lipinski definition) is 2. The second-order valence-corrected chi connectivity index (χ2v) is 2.54. The van der Waals surface area contributed by atoms with Crippen LogP contribution in [-0.2, 0) is 0 Å². The molecule has 1 atom stereocenters. The number of rotatable bonds is 5. The molecule has 0 amide bonds. The average molecular weight is 129 g/mol. The molecule has 0 saturated carbocycles. The standard InChI is InChI=1S/C7H15NO/c1-3-4-7(2)5-6-8-9/h7H,3-6H2,1-2H3. The first-order valence-corrected chi connectivity index (χ1v) is 3.60. The molecule has 0 heterocycles. The van der Waals surface area contributed by atoms with Gasteiger partial charge in [0.25, 0.3) is 0 Å². The molecule has 0 rings (SSSR count).